The molecule has 1 amide bonds. The first-order chi connectivity index (χ1) is 13.3. The Morgan fingerprint density at radius 1 is 1.11 bits per heavy atom. The Morgan fingerprint density at radius 2 is 1.79 bits per heavy atom. The molecule has 0 aliphatic heterocycles. The van der Waals surface area contributed by atoms with E-state index < -0.39 is 17.7 Å². The molecular weight excluding hydrogens is 356 g/mol. The maximum Gasteiger partial charge on any atom is 0.308 e. The summed E-state index contributed by atoms with van der Waals surface area (Å²) in [5, 5.41) is 0.442. The van der Waals surface area contributed by atoms with Crippen molar-refractivity contribution in [2.45, 2.75) is 33.7 Å². The first kappa shape index (κ1) is 19.4. The van der Waals surface area contributed by atoms with Crippen LogP contribution in [0.2, 0.25) is 0 Å². The topological polar surface area (TPSA) is 91.4 Å². The van der Waals surface area contributed by atoms with E-state index in [0.717, 1.165) is 16.6 Å². The molecule has 144 valence electrons. The fourth-order valence-electron chi connectivity index (χ4n) is 3.54. The van der Waals surface area contributed by atoms with E-state index in [1.807, 2.05) is 54.8 Å². The summed E-state index contributed by atoms with van der Waals surface area (Å²) in [7, 11) is 0. The van der Waals surface area contributed by atoms with Crippen molar-refractivity contribution in [3.63, 3.8) is 0 Å². The second-order valence-electron chi connectivity index (χ2n) is 6.69. The molecule has 0 fully saturated rings. The highest BCUT2D eigenvalue weighted by Crippen LogP contribution is 2.36. The van der Waals surface area contributed by atoms with Crippen molar-refractivity contribution < 1.29 is 19.1 Å². The number of hydrogen-bond acceptors (Lipinski definition) is 4. The van der Waals surface area contributed by atoms with Crippen LogP contribution in [0.4, 0.5) is 0 Å². The van der Waals surface area contributed by atoms with Crippen LogP contribution < -0.4 is 10.5 Å². The molecule has 0 aliphatic rings. The molecule has 0 bridgehead atoms. The number of carbonyl (C=O) groups excluding carboxylic acids is 3. The van der Waals surface area contributed by atoms with Gasteiger partial charge in [0, 0.05) is 19.2 Å². The van der Waals surface area contributed by atoms with Gasteiger partial charge in [0.2, 0.25) is 0 Å². The van der Waals surface area contributed by atoms with E-state index in [9.17, 15) is 14.4 Å². The lowest BCUT2D eigenvalue weighted by molar-refractivity contribution is -0.131. The van der Waals surface area contributed by atoms with Crippen LogP contribution in [0.1, 0.15) is 41.0 Å². The molecule has 3 rings (SSSR count). The van der Waals surface area contributed by atoms with E-state index in [1.165, 1.54) is 6.92 Å². The fraction of sp³-hybridized carbons (Fsp3) is 0.227. The van der Waals surface area contributed by atoms with Crippen LogP contribution in [0.3, 0.4) is 0 Å². The number of amides is 1. The van der Waals surface area contributed by atoms with Crippen LogP contribution in [0, 0.1) is 6.92 Å². The highest BCUT2D eigenvalue weighted by Gasteiger charge is 2.28. The molecule has 0 atom stereocenters. The Labute approximate surface area is 162 Å². The molecule has 3 aromatic rings. The number of fused-ring (bicyclic) bond motifs is 1. The van der Waals surface area contributed by atoms with Crippen molar-refractivity contribution in [2.75, 3.05) is 0 Å². The van der Waals surface area contributed by atoms with Crippen LogP contribution in [-0.4, -0.2) is 22.2 Å². The van der Waals surface area contributed by atoms with Gasteiger partial charge in [-0.2, -0.15) is 0 Å². The number of primary amides is 1. The van der Waals surface area contributed by atoms with E-state index in [4.69, 9.17) is 10.5 Å². The van der Waals surface area contributed by atoms with Crippen molar-refractivity contribution >= 4 is 28.6 Å². The maximum absolute atomic E-state index is 12.7. The van der Waals surface area contributed by atoms with Crippen LogP contribution in [-0.2, 0) is 22.6 Å². The average Bonchev–Trinajstić information content (AvgIpc) is 2.94. The molecule has 0 radical (unpaired) electrons. The molecule has 6 nitrogen and oxygen atoms in total. The number of carbonyl (C=O) groups is 3. The predicted octanol–water partition coefficient (Wildman–Crippen LogP) is 3.15. The summed E-state index contributed by atoms with van der Waals surface area (Å²) >= 11 is 0. The van der Waals surface area contributed by atoms with Gasteiger partial charge >= 0.3 is 5.97 Å². The standard InChI is InChI=1S/C22H22N2O4/c1-4-16-20(21(26)22(23)27)19-17(10-13(2)11-18(19)28-14(3)25)24(16)12-15-8-6-5-7-9-15/h5-11H,4,12H2,1-3H3,(H2,23,27). The minimum Gasteiger partial charge on any atom is -0.426 e. The minimum absolute atomic E-state index is 0.206. The quantitative estimate of drug-likeness (QED) is 0.309. The minimum atomic E-state index is -1.04. The Bertz CT molecular complexity index is 1080. The van der Waals surface area contributed by atoms with Gasteiger partial charge in [0.25, 0.3) is 11.7 Å². The highest BCUT2D eigenvalue weighted by molar-refractivity contribution is 6.45. The number of nitrogens with two attached hydrogens (primary N) is 1. The lowest BCUT2D eigenvalue weighted by Crippen LogP contribution is -2.24. The largest absolute Gasteiger partial charge is 0.426 e. The predicted molar refractivity (Wildman–Crippen MR) is 106 cm³/mol. The van der Waals surface area contributed by atoms with Gasteiger partial charge in [-0.3, -0.25) is 14.4 Å². The third-order valence-electron chi connectivity index (χ3n) is 4.60. The zero-order valence-electron chi connectivity index (χ0n) is 16.1. The summed E-state index contributed by atoms with van der Waals surface area (Å²) in [6.07, 6.45) is 0.508. The smallest absolute Gasteiger partial charge is 0.308 e. The van der Waals surface area contributed by atoms with Gasteiger partial charge in [-0.25, -0.2) is 0 Å². The monoisotopic (exact) mass is 378 g/mol. The van der Waals surface area contributed by atoms with Crippen LogP contribution in [0.25, 0.3) is 10.9 Å². The maximum atomic E-state index is 12.7. The first-order valence-electron chi connectivity index (χ1n) is 9.05. The van der Waals surface area contributed by atoms with Gasteiger partial charge in [-0.05, 0) is 36.6 Å². The summed E-state index contributed by atoms with van der Waals surface area (Å²) in [5.41, 5.74) is 8.85. The summed E-state index contributed by atoms with van der Waals surface area (Å²) in [5.74, 6) is -2.07. The second-order valence-corrected chi connectivity index (χ2v) is 6.69. The normalized spacial score (nSPS) is 10.8. The molecule has 6 heteroatoms. The number of aromatic nitrogens is 1. The van der Waals surface area contributed by atoms with Gasteiger partial charge in [0.1, 0.15) is 5.75 Å². The first-order valence-corrected chi connectivity index (χ1v) is 9.05. The number of ether oxygens (including phenoxy) is 1. The molecule has 2 N–H and O–H groups in total. The third-order valence-corrected chi connectivity index (χ3v) is 4.60. The Morgan fingerprint density at radius 3 is 2.36 bits per heavy atom. The number of ketones is 1. The van der Waals surface area contributed by atoms with Gasteiger partial charge in [-0.1, -0.05) is 37.3 Å². The molecule has 0 saturated heterocycles. The van der Waals surface area contributed by atoms with Crippen LogP contribution >= 0.6 is 0 Å². The number of nitrogens with zero attached hydrogens (tertiary/aromatic N) is 1. The van der Waals surface area contributed by atoms with Crippen molar-refractivity contribution in [1.29, 1.82) is 0 Å². The Balaban J connectivity index is 2.38. The number of Topliss-reactive ketones (excluding diaryl/α,β-unsaturated/α-hetero) is 1. The van der Waals surface area contributed by atoms with Gasteiger partial charge in [-0.15, -0.1) is 0 Å². The van der Waals surface area contributed by atoms with Crippen molar-refractivity contribution in [3.05, 3.63) is 64.8 Å². The third kappa shape index (κ3) is 3.53. The van der Waals surface area contributed by atoms with Crippen molar-refractivity contribution in [1.82, 2.24) is 4.57 Å². The number of esters is 1. The van der Waals surface area contributed by atoms with Gasteiger partial charge in [0.15, 0.2) is 0 Å². The fourth-order valence-corrected chi connectivity index (χ4v) is 3.54. The van der Waals surface area contributed by atoms with E-state index in [1.54, 1.807) is 6.07 Å². The van der Waals surface area contributed by atoms with Crippen molar-refractivity contribution in [3.8, 4) is 5.75 Å². The summed E-state index contributed by atoms with van der Waals surface area (Å²) < 4.78 is 7.37. The van der Waals surface area contributed by atoms with Crippen LogP contribution in [0.15, 0.2) is 42.5 Å². The van der Waals surface area contributed by atoms with E-state index in [-0.39, 0.29) is 11.3 Å². The zero-order chi connectivity index (χ0) is 20.4. The van der Waals surface area contributed by atoms with E-state index in [0.29, 0.717) is 24.0 Å². The molecule has 0 spiro atoms. The number of benzene rings is 2. The molecule has 1 heterocycles. The number of hydrogen-bond donors (Lipinski definition) is 1. The molecule has 1 aromatic heterocycles. The lowest BCUT2D eigenvalue weighted by Gasteiger charge is -2.11. The Kier molecular flexibility index (Phi) is 5.31. The molecule has 0 aliphatic carbocycles. The molecule has 0 unspecified atom stereocenters. The summed E-state index contributed by atoms with van der Waals surface area (Å²) in [6.45, 7) is 5.60. The van der Waals surface area contributed by atoms with Gasteiger partial charge < -0.3 is 15.0 Å². The SMILES string of the molecule is CCc1c(C(=O)C(N)=O)c2c(OC(C)=O)cc(C)cc2n1Cc1ccccc1. The molecule has 0 saturated carbocycles. The van der Waals surface area contributed by atoms with Crippen molar-refractivity contribution in [2.24, 2.45) is 5.73 Å². The van der Waals surface area contributed by atoms with E-state index in [2.05, 4.69) is 0 Å². The van der Waals surface area contributed by atoms with Gasteiger partial charge in [0.05, 0.1) is 16.5 Å². The Hall–Kier alpha value is -3.41. The van der Waals surface area contributed by atoms with Crippen LogP contribution in [0.5, 0.6) is 5.75 Å². The lowest BCUT2D eigenvalue weighted by atomic mass is 10.0. The number of rotatable bonds is 6. The average molecular weight is 378 g/mol. The van der Waals surface area contributed by atoms with E-state index >= 15 is 0 Å². The summed E-state index contributed by atoms with van der Waals surface area (Å²) in [6, 6.07) is 13.4. The highest BCUT2D eigenvalue weighted by atomic mass is 16.5. The molecule has 28 heavy (non-hydrogen) atoms. The summed E-state index contributed by atoms with van der Waals surface area (Å²) in [4.78, 5) is 36.1. The zero-order valence-corrected chi connectivity index (χ0v) is 16.1. The number of aryl methyl sites for hydroxylation is 1. The molecular formula is C22H22N2O4. The second kappa shape index (κ2) is 7.68. The molecule has 2 aromatic carbocycles.